The molecule has 0 saturated heterocycles. The van der Waals surface area contributed by atoms with Crippen molar-refractivity contribution in [2.24, 2.45) is 0 Å². The number of anilines is 1. The summed E-state index contributed by atoms with van der Waals surface area (Å²) in [5.74, 6) is -1.02. The standard InChI is InChI=1S/C18H20N2O4S/c1-11-4-6-13(7-5-11)15(19-12(2)21)10-16(22)20-14-8-9-25-17(14)18(23)24-3/h4-9,15H,10H2,1-3H3,(H,19,21)(H,20,22)/t15-/m1/s1. The molecule has 1 aromatic heterocycles. The first-order valence-corrected chi connectivity index (χ1v) is 8.58. The maximum atomic E-state index is 12.4. The summed E-state index contributed by atoms with van der Waals surface area (Å²) in [6, 6.07) is 8.82. The number of hydrogen-bond donors (Lipinski definition) is 2. The number of carbonyl (C=O) groups excluding carboxylic acids is 3. The van der Waals surface area contributed by atoms with Gasteiger partial charge in [0.15, 0.2) is 0 Å². The number of methoxy groups -OCH3 is 1. The van der Waals surface area contributed by atoms with E-state index in [9.17, 15) is 14.4 Å². The second kappa shape index (κ2) is 8.43. The fourth-order valence-electron chi connectivity index (χ4n) is 2.34. The minimum absolute atomic E-state index is 0.0547. The lowest BCUT2D eigenvalue weighted by molar-refractivity contribution is -0.120. The van der Waals surface area contributed by atoms with Crippen LogP contribution in [-0.4, -0.2) is 24.9 Å². The van der Waals surface area contributed by atoms with Gasteiger partial charge in [-0.3, -0.25) is 9.59 Å². The molecule has 0 aliphatic rings. The lowest BCUT2D eigenvalue weighted by Gasteiger charge is -2.18. The smallest absolute Gasteiger partial charge is 0.350 e. The predicted molar refractivity (Wildman–Crippen MR) is 96.6 cm³/mol. The number of nitrogens with one attached hydrogen (secondary N) is 2. The number of aryl methyl sites for hydroxylation is 1. The summed E-state index contributed by atoms with van der Waals surface area (Å²) in [6.07, 6.45) is 0.0547. The highest BCUT2D eigenvalue weighted by atomic mass is 32.1. The lowest BCUT2D eigenvalue weighted by atomic mass is 10.0. The number of thiophene rings is 1. The van der Waals surface area contributed by atoms with Gasteiger partial charge in [0.05, 0.1) is 25.3 Å². The first-order chi connectivity index (χ1) is 11.9. The first kappa shape index (κ1) is 18.7. The van der Waals surface area contributed by atoms with Crippen molar-refractivity contribution in [3.8, 4) is 0 Å². The molecule has 0 bridgehead atoms. The largest absolute Gasteiger partial charge is 0.465 e. The van der Waals surface area contributed by atoms with E-state index in [2.05, 4.69) is 10.6 Å². The van der Waals surface area contributed by atoms with Crippen molar-refractivity contribution < 1.29 is 19.1 Å². The molecule has 1 heterocycles. The zero-order valence-electron chi connectivity index (χ0n) is 14.3. The second-order valence-corrected chi connectivity index (χ2v) is 6.49. The maximum Gasteiger partial charge on any atom is 0.350 e. The number of esters is 1. The monoisotopic (exact) mass is 360 g/mol. The number of amides is 2. The molecule has 0 saturated carbocycles. The summed E-state index contributed by atoms with van der Waals surface area (Å²) in [5, 5.41) is 7.20. The summed E-state index contributed by atoms with van der Waals surface area (Å²) in [6.45, 7) is 3.38. The van der Waals surface area contributed by atoms with E-state index >= 15 is 0 Å². The van der Waals surface area contributed by atoms with Crippen LogP contribution in [0.15, 0.2) is 35.7 Å². The van der Waals surface area contributed by atoms with Crippen LogP contribution < -0.4 is 10.6 Å². The molecule has 0 spiro atoms. The fraction of sp³-hybridized carbons (Fsp3) is 0.278. The summed E-state index contributed by atoms with van der Waals surface area (Å²) in [7, 11) is 1.29. The van der Waals surface area contributed by atoms with Crippen molar-refractivity contribution in [3.63, 3.8) is 0 Å². The van der Waals surface area contributed by atoms with Crippen LogP contribution in [0.25, 0.3) is 0 Å². The Hall–Kier alpha value is -2.67. The molecule has 1 aromatic carbocycles. The average Bonchev–Trinajstić information content (AvgIpc) is 3.01. The summed E-state index contributed by atoms with van der Waals surface area (Å²) < 4.78 is 4.69. The number of benzene rings is 1. The average molecular weight is 360 g/mol. The number of carbonyl (C=O) groups is 3. The summed E-state index contributed by atoms with van der Waals surface area (Å²) in [4.78, 5) is 35.9. The molecular weight excluding hydrogens is 340 g/mol. The highest BCUT2D eigenvalue weighted by molar-refractivity contribution is 7.12. The normalized spacial score (nSPS) is 11.5. The molecular formula is C18H20N2O4S. The number of ether oxygens (including phenoxy) is 1. The Morgan fingerprint density at radius 2 is 1.84 bits per heavy atom. The highest BCUT2D eigenvalue weighted by Crippen LogP contribution is 2.24. The number of hydrogen-bond acceptors (Lipinski definition) is 5. The van der Waals surface area contributed by atoms with Gasteiger partial charge in [-0.1, -0.05) is 29.8 Å². The number of rotatable bonds is 6. The lowest BCUT2D eigenvalue weighted by Crippen LogP contribution is -2.29. The van der Waals surface area contributed by atoms with E-state index < -0.39 is 12.0 Å². The Morgan fingerprint density at radius 3 is 2.44 bits per heavy atom. The van der Waals surface area contributed by atoms with Gasteiger partial charge >= 0.3 is 5.97 Å². The quantitative estimate of drug-likeness (QED) is 0.776. The molecule has 1 atom stereocenters. The predicted octanol–water partition coefficient (Wildman–Crippen LogP) is 3.05. The fourth-order valence-corrected chi connectivity index (χ4v) is 3.11. The molecule has 0 fully saturated rings. The topological polar surface area (TPSA) is 84.5 Å². The Labute approximate surface area is 150 Å². The van der Waals surface area contributed by atoms with Crippen LogP contribution in [0.1, 0.15) is 40.2 Å². The van der Waals surface area contributed by atoms with E-state index in [1.54, 1.807) is 11.4 Å². The van der Waals surface area contributed by atoms with Gasteiger partial charge in [0.2, 0.25) is 11.8 Å². The van der Waals surface area contributed by atoms with Crippen molar-refractivity contribution in [1.82, 2.24) is 5.32 Å². The van der Waals surface area contributed by atoms with Crippen molar-refractivity contribution in [3.05, 3.63) is 51.7 Å². The molecule has 132 valence electrons. The zero-order chi connectivity index (χ0) is 18.4. The van der Waals surface area contributed by atoms with Crippen LogP contribution >= 0.6 is 11.3 Å². The van der Waals surface area contributed by atoms with Gasteiger partial charge in [-0.05, 0) is 23.9 Å². The zero-order valence-corrected chi connectivity index (χ0v) is 15.1. The highest BCUT2D eigenvalue weighted by Gasteiger charge is 2.20. The molecule has 0 aliphatic carbocycles. The van der Waals surface area contributed by atoms with Crippen molar-refractivity contribution in [1.29, 1.82) is 0 Å². The molecule has 7 heteroatoms. The van der Waals surface area contributed by atoms with Crippen molar-refractivity contribution in [2.75, 3.05) is 12.4 Å². The third-order valence-electron chi connectivity index (χ3n) is 3.56. The Kier molecular flexibility index (Phi) is 6.30. The van der Waals surface area contributed by atoms with Gasteiger partial charge in [0, 0.05) is 6.92 Å². The molecule has 2 rings (SSSR count). The molecule has 6 nitrogen and oxygen atoms in total. The molecule has 2 aromatic rings. The van der Waals surface area contributed by atoms with E-state index in [0.717, 1.165) is 11.1 Å². The van der Waals surface area contributed by atoms with E-state index in [1.807, 2.05) is 31.2 Å². The Bertz CT molecular complexity index is 768. The minimum Gasteiger partial charge on any atom is -0.465 e. The van der Waals surface area contributed by atoms with E-state index in [0.29, 0.717) is 10.6 Å². The molecule has 0 aliphatic heterocycles. The van der Waals surface area contributed by atoms with Crippen LogP contribution in [0.3, 0.4) is 0 Å². The first-order valence-electron chi connectivity index (χ1n) is 7.70. The van der Waals surface area contributed by atoms with Gasteiger partial charge in [0.1, 0.15) is 4.88 Å². The van der Waals surface area contributed by atoms with Gasteiger partial charge in [0.25, 0.3) is 0 Å². The summed E-state index contributed by atoms with van der Waals surface area (Å²) in [5.41, 5.74) is 2.34. The van der Waals surface area contributed by atoms with E-state index in [1.165, 1.54) is 25.4 Å². The van der Waals surface area contributed by atoms with Crippen molar-refractivity contribution in [2.45, 2.75) is 26.3 Å². The molecule has 2 N–H and O–H groups in total. The Morgan fingerprint density at radius 1 is 1.16 bits per heavy atom. The van der Waals surface area contributed by atoms with Crippen molar-refractivity contribution >= 4 is 34.8 Å². The third kappa shape index (κ3) is 5.15. The Balaban J connectivity index is 2.12. The van der Waals surface area contributed by atoms with E-state index in [4.69, 9.17) is 4.74 Å². The molecule has 0 unspecified atom stereocenters. The van der Waals surface area contributed by atoms with Crippen LogP contribution in [0.5, 0.6) is 0 Å². The minimum atomic E-state index is -0.498. The molecule has 2 amide bonds. The van der Waals surface area contributed by atoms with Crippen LogP contribution in [-0.2, 0) is 14.3 Å². The SMILES string of the molecule is COC(=O)c1sccc1NC(=O)C[C@@H](NC(C)=O)c1ccc(C)cc1. The van der Waals surface area contributed by atoms with Gasteiger partial charge in [-0.2, -0.15) is 0 Å². The van der Waals surface area contributed by atoms with Gasteiger partial charge in [-0.15, -0.1) is 11.3 Å². The molecule has 25 heavy (non-hydrogen) atoms. The van der Waals surface area contributed by atoms with Gasteiger partial charge < -0.3 is 15.4 Å². The maximum absolute atomic E-state index is 12.4. The summed E-state index contributed by atoms with van der Waals surface area (Å²) >= 11 is 1.19. The van der Waals surface area contributed by atoms with Crippen LogP contribution in [0.4, 0.5) is 5.69 Å². The second-order valence-electron chi connectivity index (χ2n) is 5.57. The van der Waals surface area contributed by atoms with Crippen LogP contribution in [0.2, 0.25) is 0 Å². The van der Waals surface area contributed by atoms with Gasteiger partial charge in [-0.25, -0.2) is 4.79 Å². The third-order valence-corrected chi connectivity index (χ3v) is 4.45. The molecule has 0 radical (unpaired) electrons. The van der Waals surface area contributed by atoms with E-state index in [-0.39, 0.29) is 18.2 Å². The van der Waals surface area contributed by atoms with Crippen LogP contribution in [0, 0.1) is 6.92 Å².